The lowest BCUT2D eigenvalue weighted by atomic mass is 10.0. The summed E-state index contributed by atoms with van der Waals surface area (Å²) in [6, 6.07) is 11.1. The standard InChI is InChI=1S/C24H25FN2O4S/c1-2-11-26(24(29)21-8-5-13-30-21)15-23(28)27-12-9-22-17(10-14-32-22)19(27)16-31-20-7-4-3-6-18(20)25/h3-8,10,13-14,19H,2,9,11-12,15-16H2,1H3. The first kappa shape index (κ1) is 22.1. The molecule has 168 valence electrons. The van der Waals surface area contributed by atoms with E-state index in [-0.39, 0.29) is 42.5 Å². The Morgan fingerprint density at radius 3 is 2.84 bits per heavy atom. The molecule has 0 spiro atoms. The Kier molecular flexibility index (Phi) is 6.90. The number of thiophene rings is 1. The molecule has 1 aromatic carbocycles. The molecular formula is C24H25FN2O4S. The molecule has 2 aromatic heterocycles. The number of furan rings is 1. The van der Waals surface area contributed by atoms with Crippen molar-refractivity contribution in [3.8, 4) is 5.75 Å². The highest BCUT2D eigenvalue weighted by molar-refractivity contribution is 7.10. The predicted molar refractivity (Wildman–Crippen MR) is 119 cm³/mol. The Morgan fingerprint density at radius 1 is 1.25 bits per heavy atom. The van der Waals surface area contributed by atoms with Gasteiger partial charge in [-0.3, -0.25) is 9.59 Å². The normalized spacial score (nSPS) is 15.3. The van der Waals surface area contributed by atoms with Gasteiger partial charge >= 0.3 is 0 Å². The van der Waals surface area contributed by atoms with Crippen molar-refractivity contribution in [2.75, 3.05) is 26.2 Å². The molecule has 0 radical (unpaired) electrons. The van der Waals surface area contributed by atoms with E-state index in [0.717, 1.165) is 12.0 Å². The van der Waals surface area contributed by atoms with Gasteiger partial charge in [-0.2, -0.15) is 0 Å². The molecule has 0 aliphatic carbocycles. The minimum atomic E-state index is -0.440. The summed E-state index contributed by atoms with van der Waals surface area (Å²) in [5, 5.41) is 2.00. The number of fused-ring (bicyclic) bond motifs is 1. The van der Waals surface area contributed by atoms with Gasteiger partial charge < -0.3 is 19.0 Å². The molecule has 1 aliphatic heterocycles. The minimum Gasteiger partial charge on any atom is -0.488 e. The van der Waals surface area contributed by atoms with E-state index in [0.29, 0.717) is 19.5 Å². The van der Waals surface area contributed by atoms with Crippen molar-refractivity contribution in [3.63, 3.8) is 0 Å². The number of benzene rings is 1. The van der Waals surface area contributed by atoms with E-state index >= 15 is 0 Å². The average molecular weight is 457 g/mol. The van der Waals surface area contributed by atoms with Crippen LogP contribution in [0.25, 0.3) is 0 Å². The Bertz CT molecular complexity index is 1070. The van der Waals surface area contributed by atoms with E-state index in [9.17, 15) is 14.0 Å². The number of ether oxygens (including phenoxy) is 1. The molecule has 1 atom stereocenters. The van der Waals surface area contributed by atoms with Crippen LogP contribution >= 0.6 is 11.3 Å². The third-order valence-corrected chi connectivity index (χ3v) is 6.48. The van der Waals surface area contributed by atoms with Crippen LogP contribution in [0.15, 0.2) is 58.5 Å². The monoisotopic (exact) mass is 456 g/mol. The van der Waals surface area contributed by atoms with Gasteiger partial charge in [0.2, 0.25) is 5.91 Å². The van der Waals surface area contributed by atoms with Crippen LogP contribution in [-0.4, -0.2) is 47.9 Å². The molecule has 0 bridgehead atoms. The first-order valence-corrected chi connectivity index (χ1v) is 11.5. The fourth-order valence-electron chi connectivity index (χ4n) is 3.94. The number of hydrogen-bond acceptors (Lipinski definition) is 5. The molecule has 2 amide bonds. The molecule has 3 aromatic rings. The zero-order chi connectivity index (χ0) is 22.5. The Balaban J connectivity index is 1.52. The molecule has 1 aliphatic rings. The van der Waals surface area contributed by atoms with E-state index in [4.69, 9.17) is 9.15 Å². The molecule has 6 nitrogen and oxygen atoms in total. The summed E-state index contributed by atoms with van der Waals surface area (Å²) in [5.74, 6) is -0.549. The van der Waals surface area contributed by atoms with Crippen molar-refractivity contribution in [2.24, 2.45) is 0 Å². The smallest absolute Gasteiger partial charge is 0.290 e. The maximum absolute atomic E-state index is 14.1. The number of amides is 2. The van der Waals surface area contributed by atoms with Crippen molar-refractivity contribution >= 4 is 23.2 Å². The van der Waals surface area contributed by atoms with Crippen LogP contribution in [0.1, 0.15) is 40.4 Å². The minimum absolute atomic E-state index is 0.0525. The number of carbonyl (C=O) groups excluding carboxylic acids is 2. The first-order valence-electron chi connectivity index (χ1n) is 10.6. The fourth-order valence-corrected chi connectivity index (χ4v) is 4.87. The zero-order valence-electron chi connectivity index (χ0n) is 17.8. The number of rotatable bonds is 8. The van der Waals surface area contributed by atoms with Crippen molar-refractivity contribution in [1.82, 2.24) is 9.80 Å². The lowest BCUT2D eigenvalue weighted by molar-refractivity contribution is -0.135. The second-order valence-corrected chi connectivity index (χ2v) is 8.60. The van der Waals surface area contributed by atoms with Crippen LogP contribution in [0.5, 0.6) is 5.75 Å². The van der Waals surface area contributed by atoms with Crippen LogP contribution in [-0.2, 0) is 11.2 Å². The van der Waals surface area contributed by atoms with E-state index in [1.807, 2.05) is 18.4 Å². The number of hydrogen-bond donors (Lipinski definition) is 0. The van der Waals surface area contributed by atoms with Gasteiger partial charge in [0.05, 0.1) is 12.3 Å². The van der Waals surface area contributed by atoms with Gasteiger partial charge in [-0.05, 0) is 54.1 Å². The number of carbonyl (C=O) groups is 2. The summed E-state index contributed by atoms with van der Waals surface area (Å²) in [6.45, 7) is 3.00. The quantitative estimate of drug-likeness (QED) is 0.499. The Labute approximate surface area is 190 Å². The maximum atomic E-state index is 14.1. The van der Waals surface area contributed by atoms with Crippen LogP contribution in [0, 0.1) is 5.82 Å². The van der Waals surface area contributed by atoms with Crippen LogP contribution in [0.3, 0.4) is 0 Å². The fraction of sp³-hybridized carbons (Fsp3) is 0.333. The lowest BCUT2D eigenvalue weighted by Crippen LogP contribution is -2.48. The average Bonchev–Trinajstić information content (AvgIpc) is 3.49. The molecule has 0 fully saturated rings. The SMILES string of the molecule is CCCN(CC(=O)N1CCc2sccc2C1COc1ccccc1F)C(=O)c1ccco1. The second-order valence-electron chi connectivity index (χ2n) is 7.60. The molecule has 32 heavy (non-hydrogen) atoms. The van der Waals surface area contributed by atoms with Crippen LogP contribution in [0.2, 0.25) is 0 Å². The summed E-state index contributed by atoms with van der Waals surface area (Å²) < 4.78 is 25.1. The van der Waals surface area contributed by atoms with Gasteiger partial charge in [-0.25, -0.2) is 4.39 Å². The van der Waals surface area contributed by atoms with Crippen LogP contribution in [0.4, 0.5) is 4.39 Å². The van der Waals surface area contributed by atoms with Crippen molar-refractivity contribution < 1.29 is 23.1 Å². The highest BCUT2D eigenvalue weighted by Crippen LogP contribution is 2.34. The second kappa shape index (κ2) is 9.99. The lowest BCUT2D eigenvalue weighted by Gasteiger charge is -2.37. The van der Waals surface area contributed by atoms with Gasteiger partial charge in [-0.1, -0.05) is 19.1 Å². The summed E-state index contributed by atoms with van der Waals surface area (Å²) in [7, 11) is 0. The molecule has 1 unspecified atom stereocenters. The van der Waals surface area contributed by atoms with Gasteiger partial charge in [0.25, 0.3) is 5.91 Å². The molecule has 0 saturated heterocycles. The van der Waals surface area contributed by atoms with Gasteiger partial charge in [0.15, 0.2) is 17.3 Å². The molecule has 0 saturated carbocycles. The zero-order valence-corrected chi connectivity index (χ0v) is 18.6. The summed E-state index contributed by atoms with van der Waals surface area (Å²) >= 11 is 1.65. The summed E-state index contributed by atoms with van der Waals surface area (Å²) in [4.78, 5) is 30.6. The third-order valence-electron chi connectivity index (χ3n) is 5.49. The molecular weight excluding hydrogens is 431 g/mol. The Morgan fingerprint density at radius 2 is 2.09 bits per heavy atom. The molecule has 4 rings (SSSR count). The first-order chi connectivity index (χ1) is 15.6. The summed E-state index contributed by atoms with van der Waals surface area (Å²) in [6.07, 6.45) is 2.90. The molecule has 3 heterocycles. The number of para-hydroxylation sites is 1. The van der Waals surface area contributed by atoms with Gasteiger partial charge in [-0.15, -0.1) is 11.3 Å². The van der Waals surface area contributed by atoms with Crippen LogP contribution < -0.4 is 4.74 Å². The molecule has 8 heteroatoms. The van der Waals surface area contributed by atoms with Gasteiger partial charge in [0, 0.05) is 18.0 Å². The molecule has 0 N–H and O–H groups in total. The van der Waals surface area contributed by atoms with Gasteiger partial charge in [0.1, 0.15) is 13.2 Å². The predicted octanol–water partition coefficient (Wildman–Crippen LogP) is 4.54. The number of halogens is 1. The Hall–Kier alpha value is -3.13. The van der Waals surface area contributed by atoms with Crippen molar-refractivity contribution in [2.45, 2.75) is 25.8 Å². The largest absolute Gasteiger partial charge is 0.488 e. The van der Waals surface area contributed by atoms with Crippen molar-refractivity contribution in [3.05, 3.63) is 76.1 Å². The summed E-state index contributed by atoms with van der Waals surface area (Å²) in [5.41, 5.74) is 1.02. The van der Waals surface area contributed by atoms with E-state index in [1.54, 1.807) is 46.6 Å². The van der Waals surface area contributed by atoms with E-state index < -0.39 is 5.82 Å². The van der Waals surface area contributed by atoms with Crippen molar-refractivity contribution in [1.29, 1.82) is 0 Å². The highest BCUT2D eigenvalue weighted by atomic mass is 32.1. The highest BCUT2D eigenvalue weighted by Gasteiger charge is 2.34. The topological polar surface area (TPSA) is 63.0 Å². The van der Waals surface area contributed by atoms with E-state index in [2.05, 4.69) is 0 Å². The maximum Gasteiger partial charge on any atom is 0.290 e. The van der Waals surface area contributed by atoms with E-state index in [1.165, 1.54) is 22.1 Å². The third kappa shape index (κ3) is 4.70. The number of nitrogens with zero attached hydrogens (tertiary/aromatic N) is 2.